The van der Waals surface area contributed by atoms with E-state index in [1.807, 2.05) is 24.3 Å². The van der Waals surface area contributed by atoms with Crippen molar-refractivity contribution in [2.24, 2.45) is 0 Å². The molecule has 2 aromatic carbocycles. The number of anilines is 1. The van der Waals surface area contributed by atoms with Gasteiger partial charge in [-0.1, -0.05) is 35.9 Å². The van der Waals surface area contributed by atoms with Gasteiger partial charge in [0.25, 0.3) is 0 Å². The Morgan fingerprint density at radius 2 is 1.95 bits per heavy atom. The fraction of sp³-hybridized carbons (Fsp3) is 0.125. The highest BCUT2D eigenvalue weighted by Gasteiger charge is 2.03. The zero-order valence-corrected chi connectivity index (χ0v) is 11.2. The molecule has 0 aliphatic rings. The lowest BCUT2D eigenvalue weighted by Crippen LogP contribution is -1.99. The smallest absolute Gasteiger partial charge is 0.247 e. The lowest BCUT2D eigenvalue weighted by Gasteiger charge is -2.07. The first-order valence-electron chi connectivity index (χ1n) is 6.47. The van der Waals surface area contributed by atoms with Crippen molar-refractivity contribution < 1.29 is 4.42 Å². The van der Waals surface area contributed by atoms with E-state index in [9.17, 15) is 0 Å². The summed E-state index contributed by atoms with van der Waals surface area (Å²) in [6.07, 6.45) is 1.34. The normalized spacial score (nSPS) is 10.4. The second-order valence-corrected chi connectivity index (χ2v) is 4.66. The van der Waals surface area contributed by atoms with Gasteiger partial charge >= 0.3 is 0 Å². The van der Waals surface area contributed by atoms with Gasteiger partial charge in [-0.2, -0.15) is 0 Å². The predicted molar refractivity (Wildman–Crippen MR) is 78.2 cm³/mol. The SMILES string of the molecule is Cc1ccc(CNc2cccc(-c3nnco3)c2)cc1. The summed E-state index contributed by atoms with van der Waals surface area (Å²) in [6.45, 7) is 2.87. The lowest BCUT2D eigenvalue weighted by molar-refractivity contribution is 0.568. The summed E-state index contributed by atoms with van der Waals surface area (Å²) in [4.78, 5) is 0. The molecular weight excluding hydrogens is 250 g/mol. The summed E-state index contributed by atoms with van der Waals surface area (Å²) in [5, 5.41) is 11.0. The second kappa shape index (κ2) is 5.57. The molecule has 1 heterocycles. The van der Waals surface area contributed by atoms with Crippen LogP contribution in [0.3, 0.4) is 0 Å². The Morgan fingerprint density at radius 3 is 2.70 bits per heavy atom. The van der Waals surface area contributed by atoms with E-state index in [4.69, 9.17) is 4.42 Å². The molecule has 1 aromatic heterocycles. The Morgan fingerprint density at radius 1 is 1.10 bits per heavy atom. The second-order valence-electron chi connectivity index (χ2n) is 4.66. The minimum atomic E-state index is 0.531. The molecular formula is C16H15N3O. The first-order chi connectivity index (χ1) is 9.81. The Labute approximate surface area is 117 Å². The van der Waals surface area contributed by atoms with Crippen LogP contribution >= 0.6 is 0 Å². The lowest BCUT2D eigenvalue weighted by atomic mass is 10.1. The maximum atomic E-state index is 5.20. The Kier molecular flexibility index (Phi) is 3.46. The van der Waals surface area contributed by atoms with Gasteiger partial charge < -0.3 is 9.73 Å². The number of hydrogen-bond donors (Lipinski definition) is 1. The van der Waals surface area contributed by atoms with Gasteiger partial charge in [-0.3, -0.25) is 0 Å². The highest BCUT2D eigenvalue weighted by molar-refractivity contribution is 5.60. The quantitative estimate of drug-likeness (QED) is 0.782. The van der Waals surface area contributed by atoms with E-state index in [1.165, 1.54) is 17.5 Å². The molecule has 3 rings (SSSR count). The van der Waals surface area contributed by atoms with Gasteiger partial charge in [-0.05, 0) is 30.7 Å². The highest BCUT2D eigenvalue weighted by atomic mass is 16.4. The number of benzene rings is 2. The fourth-order valence-corrected chi connectivity index (χ4v) is 1.97. The van der Waals surface area contributed by atoms with Crippen LogP contribution in [0, 0.1) is 6.92 Å². The van der Waals surface area contributed by atoms with Gasteiger partial charge in [-0.25, -0.2) is 0 Å². The minimum absolute atomic E-state index is 0.531. The van der Waals surface area contributed by atoms with Crippen LogP contribution in [0.15, 0.2) is 59.3 Å². The highest BCUT2D eigenvalue weighted by Crippen LogP contribution is 2.20. The first kappa shape index (κ1) is 12.4. The van der Waals surface area contributed by atoms with Crippen molar-refractivity contribution in [2.75, 3.05) is 5.32 Å². The van der Waals surface area contributed by atoms with Crippen molar-refractivity contribution in [3.05, 3.63) is 66.1 Å². The molecule has 0 aliphatic carbocycles. The summed E-state index contributed by atoms with van der Waals surface area (Å²) >= 11 is 0. The summed E-state index contributed by atoms with van der Waals surface area (Å²) in [7, 11) is 0. The summed E-state index contributed by atoms with van der Waals surface area (Å²) < 4.78 is 5.20. The van der Waals surface area contributed by atoms with E-state index in [2.05, 4.69) is 46.7 Å². The van der Waals surface area contributed by atoms with Gasteiger partial charge in [0.2, 0.25) is 12.3 Å². The Bertz CT molecular complexity index is 675. The number of nitrogens with one attached hydrogen (secondary N) is 1. The molecule has 0 bridgehead atoms. The van der Waals surface area contributed by atoms with Gasteiger partial charge in [0.15, 0.2) is 0 Å². The average Bonchev–Trinajstić information content (AvgIpc) is 3.01. The summed E-state index contributed by atoms with van der Waals surface area (Å²) in [5.74, 6) is 0.531. The van der Waals surface area contributed by atoms with E-state index >= 15 is 0 Å². The number of hydrogen-bond acceptors (Lipinski definition) is 4. The van der Waals surface area contributed by atoms with Gasteiger partial charge in [0.1, 0.15) is 0 Å². The minimum Gasteiger partial charge on any atom is -0.423 e. The molecule has 0 fully saturated rings. The predicted octanol–water partition coefficient (Wildman–Crippen LogP) is 3.66. The van der Waals surface area contributed by atoms with Crippen LogP contribution in [0.2, 0.25) is 0 Å². The molecule has 3 aromatic rings. The standard InChI is InChI=1S/C16H15N3O/c1-12-5-7-13(8-6-12)10-17-15-4-2-3-14(9-15)16-19-18-11-20-16/h2-9,11,17H,10H2,1H3. The van der Waals surface area contributed by atoms with Crippen LogP contribution < -0.4 is 5.32 Å². The zero-order valence-electron chi connectivity index (χ0n) is 11.2. The molecule has 0 unspecified atom stereocenters. The van der Waals surface area contributed by atoms with E-state index in [0.29, 0.717) is 5.89 Å². The third-order valence-electron chi connectivity index (χ3n) is 3.09. The molecule has 0 spiro atoms. The molecule has 20 heavy (non-hydrogen) atoms. The van der Waals surface area contributed by atoms with Crippen molar-refractivity contribution >= 4 is 5.69 Å². The fourth-order valence-electron chi connectivity index (χ4n) is 1.97. The Hall–Kier alpha value is -2.62. The van der Waals surface area contributed by atoms with Crippen molar-refractivity contribution in [3.63, 3.8) is 0 Å². The molecule has 0 radical (unpaired) electrons. The van der Waals surface area contributed by atoms with E-state index in [-0.39, 0.29) is 0 Å². The van der Waals surface area contributed by atoms with Crippen molar-refractivity contribution in [2.45, 2.75) is 13.5 Å². The van der Waals surface area contributed by atoms with Crippen LogP contribution in [0.1, 0.15) is 11.1 Å². The molecule has 0 atom stereocenters. The summed E-state index contributed by atoms with van der Waals surface area (Å²) in [6, 6.07) is 16.4. The van der Waals surface area contributed by atoms with E-state index in [0.717, 1.165) is 17.8 Å². The van der Waals surface area contributed by atoms with Crippen LogP contribution in [0.4, 0.5) is 5.69 Å². The molecule has 0 amide bonds. The molecule has 4 nitrogen and oxygen atoms in total. The first-order valence-corrected chi connectivity index (χ1v) is 6.47. The molecule has 0 saturated carbocycles. The Balaban J connectivity index is 1.72. The number of aromatic nitrogens is 2. The zero-order chi connectivity index (χ0) is 13.8. The number of aryl methyl sites for hydroxylation is 1. The summed E-state index contributed by atoms with van der Waals surface area (Å²) in [5.41, 5.74) is 4.46. The maximum Gasteiger partial charge on any atom is 0.247 e. The van der Waals surface area contributed by atoms with E-state index in [1.54, 1.807) is 0 Å². The van der Waals surface area contributed by atoms with Gasteiger partial charge in [0.05, 0.1) is 0 Å². The maximum absolute atomic E-state index is 5.20. The van der Waals surface area contributed by atoms with Gasteiger partial charge in [-0.15, -0.1) is 10.2 Å². The van der Waals surface area contributed by atoms with Crippen molar-refractivity contribution in [1.29, 1.82) is 0 Å². The average molecular weight is 265 g/mol. The molecule has 0 aliphatic heterocycles. The van der Waals surface area contributed by atoms with Crippen molar-refractivity contribution in [1.82, 2.24) is 10.2 Å². The van der Waals surface area contributed by atoms with E-state index < -0.39 is 0 Å². The van der Waals surface area contributed by atoms with Crippen LogP contribution in [0.25, 0.3) is 11.5 Å². The third-order valence-corrected chi connectivity index (χ3v) is 3.09. The van der Waals surface area contributed by atoms with Crippen LogP contribution in [-0.2, 0) is 6.54 Å². The topological polar surface area (TPSA) is 51.0 Å². The molecule has 100 valence electrons. The van der Waals surface area contributed by atoms with Crippen LogP contribution in [0.5, 0.6) is 0 Å². The monoisotopic (exact) mass is 265 g/mol. The largest absolute Gasteiger partial charge is 0.423 e. The third kappa shape index (κ3) is 2.85. The van der Waals surface area contributed by atoms with Crippen LogP contribution in [-0.4, -0.2) is 10.2 Å². The molecule has 4 heteroatoms. The molecule has 1 N–H and O–H groups in total. The van der Waals surface area contributed by atoms with Gasteiger partial charge in [0, 0.05) is 17.8 Å². The van der Waals surface area contributed by atoms with Crippen molar-refractivity contribution in [3.8, 4) is 11.5 Å². The number of nitrogens with zero attached hydrogens (tertiary/aromatic N) is 2. The molecule has 0 saturated heterocycles. The number of rotatable bonds is 4.